The van der Waals surface area contributed by atoms with Crippen molar-refractivity contribution in [3.05, 3.63) is 28.8 Å². The molecule has 10 heteroatoms. The molecule has 1 saturated heterocycles. The molecule has 0 bridgehead atoms. The van der Waals surface area contributed by atoms with Crippen LogP contribution in [-0.2, 0) is 25.3 Å². The highest BCUT2D eigenvalue weighted by molar-refractivity contribution is 6.31. The number of carbonyl (C=O) groups is 3. The maximum atomic E-state index is 12.8. The van der Waals surface area contributed by atoms with E-state index in [1.807, 2.05) is 0 Å². The number of hydrogen-bond acceptors (Lipinski definition) is 4. The third-order valence-corrected chi connectivity index (χ3v) is 3.81. The average Bonchev–Trinajstić information content (AvgIpc) is 2.94. The summed E-state index contributed by atoms with van der Waals surface area (Å²) in [6.45, 7) is 1.27. The van der Waals surface area contributed by atoms with Crippen molar-refractivity contribution in [2.45, 2.75) is 38.1 Å². The third kappa shape index (κ3) is 4.85. The number of benzene rings is 1. The Bertz CT molecular complexity index is 709. The lowest BCUT2D eigenvalue weighted by atomic mass is 10.2. The number of halogens is 4. The van der Waals surface area contributed by atoms with E-state index in [2.05, 4.69) is 10.6 Å². The van der Waals surface area contributed by atoms with Gasteiger partial charge in [-0.3, -0.25) is 9.59 Å². The van der Waals surface area contributed by atoms with Gasteiger partial charge in [0.15, 0.2) is 6.10 Å². The Labute approximate surface area is 145 Å². The van der Waals surface area contributed by atoms with Gasteiger partial charge in [-0.2, -0.15) is 13.2 Å². The zero-order valence-electron chi connectivity index (χ0n) is 12.9. The lowest BCUT2D eigenvalue weighted by Gasteiger charge is -2.17. The molecule has 136 valence electrons. The Morgan fingerprint density at radius 2 is 2.08 bits per heavy atom. The Kier molecular flexibility index (Phi) is 5.56. The molecule has 1 heterocycles. The quantitative estimate of drug-likeness (QED) is 0.788. The fourth-order valence-electron chi connectivity index (χ4n) is 2.16. The fraction of sp³-hybridized carbons (Fsp3) is 0.400. The molecule has 1 aromatic carbocycles. The zero-order chi connectivity index (χ0) is 18.8. The van der Waals surface area contributed by atoms with Crippen LogP contribution in [0.4, 0.5) is 18.9 Å². The molecule has 2 rings (SSSR count). The summed E-state index contributed by atoms with van der Waals surface area (Å²) in [6, 6.07) is 2.06. The van der Waals surface area contributed by atoms with Gasteiger partial charge in [-0.05, 0) is 31.5 Å². The van der Waals surface area contributed by atoms with Crippen molar-refractivity contribution in [1.82, 2.24) is 5.32 Å². The highest BCUT2D eigenvalue weighted by atomic mass is 35.5. The number of esters is 1. The number of ether oxygens (including phenoxy) is 1. The zero-order valence-corrected chi connectivity index (χ0v) is 13.7. The van der Waals surface area contributed by atoms with Crippen LogP contribution in [0.2, 0.25) is 5.02 Å². The summed E-state index contributed by atoms with van der Waals surface area (Å²) in [5.74, 6) is -1.88. The van der Waals surface area contributed by atoms with Crippen molar-refractivity contribution in [3.63, 3.8) is 0 Å². The van der Waals surface area contributed by atoms with E-state index in [1.54, 1.807) is 0 Å². The van der Waals surface area contributed by atoms with Gasteiger partial charge in [0, 0.05) is 12.1 Å². The number of alkyl halides is 3. The van der Waals surface area contributed by atoms with Crippen LogP contribution >= 0.6 is 11.6 Å². The first-order valence-electron chi connectivity index (χ1n) is 7.25. The van der Waals surface area contributed by atoms with E-state index in [4.69, 9.17) is 16.3 Å². The number of nitrogens with one attached hydrogen (secondary N) is 2. The molecule has 0 aliphatic carbocycles. The number of carbonyl (C=O) groups excluding carboxylic acids is 3. The van der Waals surface area contributed by atoms with Gasteiger partial charge in [0.25, 0.3) is 5.91 Å². The number of rotatable bonds is 4. The molecule has 0 unspecified atom stereocenters. The molecule has 1 fully saturated rings. The molecule has 0 radical (unpaired) electrons. The molecule has 2 amide bonds. The van der Waals surface area contributed by atoms with Crippen molar-refractivity contribution in [2.75, 3.05) is 5.32 Å². The van der Waals surface area contributed by atoms with E-state index in [0.29, 0.717) is 6.07 Å². The summed E-state index contributed by atoms with van der Waals surface area (Å²) < 4.78 is 43.3. The van der Waals surface area contributed by atoms with Gasteiger partial charge in [0.1, 0.15) is 6.04 Å². The van der Waals surface area contributed by atoms with E-state index in [9.17, 15) is 27.6 Å². The largest absolute Gasteiger partial charge is 0.451 e. The van der Waals surface area contributed by atoms with Gasteiger partial charge in [0.05, 0.1) is 10.6 Å². The monoisotopic (exact) mass is 378 g/mol. The average molecular weight is 379 g/mol. The second-order valence-electron chi connectivity index (χ2n) is 5.42. The fourth-order valence-corrected chi connectivity index (χ4v) is 2.39. The topological polar surface area (TPSA) is 84.5 Å². The normalized spacial score (nSPS) is 18.4. The van der Waals surface area contributed by atoms with E-state index in [1.165, 1.54) is 13.0 Å². The maximum absolute atomic E-state index is 12.8. The number of hydrogen-bond donors (Lipinski definition) is 2. The molecule has 0 saturated carbocycles. The molecule has 1 aliphatic rings. The first kappa shape index (κ1) is 19.0. The molecule has 1 aromatic rings. The summed E-state index contributed by atoms with van der Waals surface area (Å²) in [5.41, 5.74) is -1.23. The van der Waals surface area contributed by atoms with Gasteiger partial charge >= 0.3 is 12.1 Å². The standard InChI is InChI=1S/C15H14ClF3N2O4/c1-7(25-14(24)11-4-5-12(22)21-11)13(23)20-8-2-3-10(16)9(6-8)15(17,18)19/h2-3,6-7,11H,4-5H2,1H3,(H,20,23)(H,21,22)/t7-,11+/m1/s1. The summed E-state index contributed by atoms with van der Waals surface area (Å²) in [4.78, 5) is 34.8. The minimum Gasteiger partial charge on any atom is -0.451 e. The van der Waals surface area contributed by atoms with Gasteiger partial charge < -0.3 is 15.4 Å². The second-order valence-corrected chi connectivity index (χ2v) is 5.83. The highest BCUT2D eigenvalue weighted by Gasteiger charge is 2.34. The molecule has 0 spiro atoms. The maximum Gasteiger partial charge on any atom is 0.417 e. The lowest BCUT2D eigenvalue weighted by Crippen LogP contribution is -2.39. The van der Waals surface area contributed by atoms with E-state index >= 15 is 0 Å². The third-order valence-electron chi connectivity index (χ3n) is 3.48. The lowest BCUT2D eigenvalue weighted by molar-refractivity contribution is -0.155. The van der Waals surface area contributed by atoms with Crippen LogP contribution in [0.25, 0.3) is 0 Å². The molecular weight excluding hydrogens is 365 g/mol. The van der Waals surface area contributed by atoms with Crippen molar-refractivity contribution < 1.29 is 32.3 Å². The Balaban J connectivity index is 1.99. The first-order valence-corrected chi connectivity index (χ1v) is 7.63. The number of amides is 2. The number of anilines is 1. The smallest absolute Gasteiger partial charge is 0.417 e. The van der Waals surface area contributed by atoms with Gasteiger partial charge in [-0.25, -0.2) is 4.79 Å². The van der Waals surface area contributed by atoms with Crippen LogP contribution in [-0.4, -0.2) is 29.9 Å². The molecule has 2 atom stereocenters. The minimum absolute atomic E-state index is 0.140. The van der Waals surface area contributed by atoms with Crippen LogP contribution in [0, 0.1) is 0 Å². The van der Waals surface area contributed by atoms with E-state index in [-0.39, 0.29) is 24.4 Å². The molecule has 2 N–H and O–H groups in total. The van der Waals surface area contributed by atoms with Crippen LogP contribution in [0.3, 0.4) is 0 Å². The molecular formula is C15H14ClF3N2O4. The Morgan fingerprint density at radius 3 is 2.64 bits per heavy atom. The minimum atomic E-state index is -4.67. The summed E-state index contributed by atoms with van der Waals surface area (Å²) in [7, 11) is 0. The predicted molar refractivity (Wildman–Crippen MR) is 81.8 cm³/mol. The van der Waals surface area contributed by atoms with E-state index < -0.39 is 40.8 Å². The van der Waals surface area contributed by atoms with Crippen LogP contribution < -0.4 is 10.6 Å². The molecule has 6 nitrogen and oxygen atoms in total. The summed E-state index contributed by atoms with van der Waals surface area (Å²) >= 11 is 5.50. The van der Waals surface area contributed by atoms with Crippen LogP contribution in [0.5, 0.6) is 0 Å². The Morgan fingerprint density at radius 1 is 1.40 bits per heavy atom. The molecule has 1 aliphatic heterocycles. The van der Waals surface area contributed by atoms with E-state index in [0.717, 1.165) is 6.07 Å². The van der Waals surface area contributed by atoms with Crippen LogP contribution in [0.15, 0.2) is 18.2 Å². The van der Waals surface area contributed by atoms with Gasteiger partial charge in [0.2, 0.25) is 5.91 Å². The summed E-state index contributed by atoms with van der Waals surface area (Å²) in [6.07, 6.45) is -5.48. The SMILES string of the molecule is C[C@@H](OC(=O)[C@@H]1CCC(=O)N1)C(=O)Nc1ccc(Cl)c(C(F)(F)F)c1. The van der Waals surface area contributed by atoms with Gasteiger partial charge in [-0.1, -0.05) is 11.6 Å². The van der Waals surface area contributed by atoms with Crippen molar-refractivity contribution in [2.24, 2.45) is 0 Å². The van der Waals surface area contributed by atoms with Crippen molar-refractivity contribution in [1.29, 1.82) is 0 Å². The highest BCUT2D eigenvalue weighted by Crippen LogP contribution is 2.36. The van der Waals surface area contributed by atoms with Crippen molar-refractivity contribution >= 4 is 35.1 Å². The van der Waals surface area contributed by atoms with Crippen LogP contribution in [0.1, 0.15) is 25.3 Å². The second kappa shape index (κ2) is 7.30. The Hall–Kier alpha value is -2.29. The molecule has 0 aromatic heterocycles. The predicted octanol–water partition coefficient (Wildman–Crippen LogP) is 2.51. The van der Waals surface area contributed by atoms with Crippen molar-refractivity contribution in [3.8, 4) is 0 Å². The first-order chi connectivity index (χ1) is 11.6. The summed E-state index contributed by atoms with van der Waals surface area (Å²) in [5, 5.41) is 4.12. The molecule has 25 heavy (non-hydrogen) atoms. The van der Waals surface area contributed by atoms with Gasteiger partial charge in [-0.15, -0.1) is 0 Å².